The number of nitrogens with one attached hydrogen (secondary N) is 2. The van der Waals surface area contributed by atoms with Crippen LogP contribution >= 0.6 is 0 Å². The molecule has 2 N–H and O–H groups in total. The zero-order valence-corrected chi connectivity index (χ0v) is 12.8. The Morgan fingerprint density at radius 1 is 0.818 bits per heavy atom. The van der Waals surface area contributed by atoms with Crippen LogP contribution in [0.25, 0.3) is 0 Å². The molecule has 22 heavy (non-hydrogen) atoms. The number of carbonyl (C=O) groups is 1. The SMILES string of the molecule is CCOc1ccccc1NC(=O)Nc1ccccc1OCC. The summed E-state index contributed by atoms with van der Waals surface area (Å²) in [6, 6.07) is 14.3. The fraction of sp³-hybridized carbons (Fsp3) is 0.235. The van der Waals surface area contributed by atoms with Gasteiger partial charge in [0.15, 0.2) is 0 Å². The van der Waals surface area contributed by atoms with E-state index in [-0.39, 0.29) is 6.03 Å². The maximum absolute atomic E-state index is 12.2. The van der Waals surface area contributed by atoms with Gasteiger partial charge >= 0.3 is 6.03 Å². The largest absolute Gasteiger partial charge is 0.492 e. The molecule has 0 unspecified atom stereocenters. The molecule has 0 heterocycles. The zero-order chi connectivity index (χ0) is 15.8. The zero-order valence-electron chi connectivity index (χ0n) is 12.8. The highest BCUT2D eigenvalue weighted by Crippen LogP contribution is 2.26. The minimum Gasteiger partial charge on any atom is -0.492 e. The first-order valence-corrected chi connectivity index (χ1v) is 7.26. The van der Waals surface area contributed by atoms with Crippen LogP contribution in [0, 0.1) is 0 Å². The minimum atomic E-state index is -0.348. The maximum Gasteiger partial charge on any atom is 0.323 e. The summed E-state index contributed by atoms with van der Waals surface area (Å²) in [5, 5.41) is 5.57. The molecule has 5 nitrogen and oxygen atoms in total. The smallest absolute Gasteiger partial charge is 0.323 e. The highest BCUT2D eigenvalue weighted by Gasteiger charge is 2.09. The monoisotopic (exact) mass is 300 g/mol. The van der Waals surface area contributed by atoms with Crippen molar-refractivity contribution in [3.63, 3.8) is 0 Å². The number of carbonyl (C=O) groups excluding carboxylic acids is 1. The molecule has 0 aliphatic carbocycles. The summed E-state index contributed by atoms with van der Waals surface area (Å²) in [6.07, 6.45) is 0. The van der Waals surface area contributed by atoms with Crippen LogP contribution in [0.4, 0.5) is 16.2 Å². The molecule has 0 fully saturated rings. The van der Waals surface area contributed by atoms with Gasteiger partial charge < -0.3 is 20.1 Å². The molecular weight excluding hydrogens is 280 g/mol. The molecule has 0 spiro atoms. The van der Waals surface area contributed by atoms with E-state index in [9.17, 15) is 4.79 Å². The molecule has 2 amide bonds. The third kappa shape index (κ3) is 4.15. The summed E-state index contributed by atoms with van der Waals surface area (Å²) < 4.78 is 11.0. The average Bonchev–Trinajstić information content (AvgIpc) is 2.52. The molecule has 116 valence electrons. The number of para-hydroxylation sites is 4. The summed E-state index contributed by atoms with van der Waals surface area (Å²) in [7, 11) is 0. The highest BCUT2D eigenvalue weighted by molar-refractivity contribution is 6.01. The van der Waals surface area contributed by atoms with Crippen molar-refractivity contribution in [2.45, 2.75) is 13.8 Å². The van der Waals surface area contributed by atoms with Crippen molar-refractivity contribution >= 4 is 17.4 Å². The van der Waals surface area contributed by atoms with Gasteiger partial charge in [-0.25, -0.2) is 4.79 Å². The molecule has 0 saturated heterocycles. The molecule has 2 rings (SSSR count). The Morgan fingerprint density at radius 3 is 1.64 bits per heavy atom. The lowest BCUT2D eigenvalue weighted by Crippen LogP contribution is -2.20. The van der Waals surface area contributed by atoms with Crippen LogP contribution in [-0.2, 0) is 0 Å². The molecule has 0 atom stereocenters. The molecule has 0 aliphatic rings. The second-order valence-corrected chi connectivity index (χ2v) is 4.44. The van der Waals surface area contributed by atoms with Crippen LogP contribution < -0.4 is 20.1 Å². The van der Waals surface area contributed by atoms with E-state index in [0.29, 0.717) is 36.1 Å². The summed E-state index contributed by atoms with van der Waals surface area (Å²) in [4.78, 5) is 12.2. The number of benzene rings is 2. The summed E-state index contributed by atoms with van der Waals surface area (Å²) in [6.45, 7) is 4.87. The molecule has 5 heteroatoms. The lowest BCUT2D eigenvalue weighted by molar-refractivity contribution is 0.261. The Hall–Kier alpha value is -2.69. The quantitative estimate of drug-likeness (QED) is 0.843. The van der Waals surface area contributed by atoms with Gasteiger partial charge in [0.25, 0.3) is 0 Å². The lowest BCUT2D eigenvalue weighted by atomic mass is 10.3. The van der Waals surface area contributed by atoms with E-state index in [1.807, 2.05) is 50.2 Å². The third-order valence-corrected chi connectivity index (χ3v) is 2.87. The van der Waals surface area contributed by atoms with Crippen LogP contribution in [0.1, 0.15) is 13.8 Å². The highest BCUT2D eigenvalue weighted by atomic mass is 16.5. The maximum atomic E-state index is 12.2. The molecule has 2 aromatic carbocycles. The Morgan fingerprint density at radius 2 is 1.23 bits per heavy atom. The third-order valence-electron chi connectivity index (χ3n) is 2.87. The first kappa shape index (κ1) is 15.7. The van der Waals surface area contributed by atoms with Crippen molar-refractivity contribution in [3.8, 4) is 11.5 Å². The second kappa shape index (κ2) is 7.93. The van der Waals surface area contributed by atoms with Gasteiger partial charge in [-0.2, -0.15) is 0 Å². The van der Waals surface area contributed by atoms with Crippen LogP contribution in [0.5, 0.6) is 11.5 Å². The van der Waals surface area contributed by atoms with Gasteiger partial charge in [-0.05, 0) is 38.1 Å². The molecule has 2 aromatic rings. The van der Waals surface area contributed by atoms with Crippen LogP contribution in [0.15, 0.2) is 48.5 Å². The number of rotatable bonds is 6. The Bertz CT molecular complexity index is 575. The number of amides is 2. The van der Waals surface area contributed by atoms with Crippen molar-refractivity contribution in [2.75, 3.05) is 23.8 Å². The summed E-state index contributed by atoms with van der Waals surface area (Å²) in [5.41, 5.74) is 1.24. The normalized spacial score (nSPS) is 9.91. The van der Waals surface area contributed by atoms with Crippen molar-refractivity contribution < 1.29 is 14.3 Å². The topological polar surface area (TPSA) is 59.6 Å². The Kier molecular flexibility index (Phi) is 5.65. The fourth-order valence-electron chi connectivity index (χ4n) is 1.98. The minimum absolute atomic E-state index is 0.348. The van der Waals surface area contributed by atoms with Gasteiger partial charge in [0.1, 0.15) is 11.5 Å². The number of urea groups is 1. The van der Waals surface area contributed by atoms with E-state index in [0.717, 1.165) is 0 Å². The van der Waals surface area contributed by atoms with Crippen molar-refractivity contribution in [1.29, 1.82) is 0 Å². The van der Waals surface area contributed by atoms with Gasteiger partial charge in [0, 0.05) is 0 Å². The molecule has 0 aliphatic heterocycles. The van der Waals surface area contributed by atoms with Crippen LogP contribution in [0.2, 0.25) is 0 Å². The summed E-state index contributed by atoms with van der Waals surface area (Å²) in [5.74, 6) is 1.27. The molecular formula is C17H20N2O3. The molecule has 0 bridgehead atoms. The first-order valence-electron chi connectivity index (χ1n) is 7.26. The van der Waals surface area contributed by atoms with Crippen molar-refractivity contribution in [3.05, 3.63) is 48.5 Å². The Labute approximate surface area is 130 Å². The van der Waals surface area contributed by atoms with Crippen LogP contribution in [-0.4, -0.2) is 19.2 Å². The van der Waals surface area contributed by atoms with Gasteiger partial charge in [-0.1, -0.05) is 24.3 Å². The first-order chi connectivity index (χ1) is 10.7. The fourth-order valence-corrected chi connectivity index (χ4v) is 1.98. The molecule has 0 aromatic heterocycles. The average molecular weight is 300 g/mol. The van der Waals surface area contributed by atoms with E-state index in [2.05, 4.69) is 10.6 Å². The van der Waals surface area contributed by atoms with Gasteiger partial charge in [0.2, 0.25) is 0 Å². The number of hydrogen-bond acceptors (Lipinski definition) is 3. The van der Waals surface area contributed by atoms with E-state index in [1.54, 1.807) is 12.1 Å². The van der Waals surface area contributed by atoms with Crippen molar-refractivity contribution in [1.82, 2.24) is 0 Å². The standard InChI is InChI=1S/C17H20N2O3/c1-3-21-15-11-7-5-9-13(15)18-17(20)19-14-10-6-8-12-16(14)22-4-2/h5-12H,3-4H2,1-2H3,(H2,18,19,20). The van der Waals surface area contributed by atoms with Crippen molar-refractivity contribution in [2.24, 2.45) is 0 Å². The van der Waals surface area contributed by atoms with Gasteiger partial charge in [-0.3, -0.25) is 0 Å². The van der Waals surface area contributed by atoms with Gasteiger partial charge in [0.05, 0.1) is 24.6 Å². The molecule has 0 saturated carbocycles. The second-order valence-electron chi connectivity index (χ2n) is 4.44. The predicted octanol–water partition coefficient (Wildman–Crippen LogP) is 4.13. The number of ether oxygens (including phenoxy) is 2. The number of hydrogen-bond donors (Lipinski definition) is 2. The van der Waals surface area contributed by atoms with Crippen LogP contribution in [0.3, 0.4) is 0 Å². The Balaban J connectivity index is 2.08. The van der Waals surface area contributed by atoms with Gasteiger partial charge in [-0.15, -0.1) is 0 Å². The van der Waals surface area contributed by atoms with E-state index < -0.39 is 0 Å². The lowest BCUT2D eigenvalue weighted by Gasteiger charge is -2.14. The molecule has 0 radical (unpaired) electrons. The predicted molar refractivity (Wildman–Crippen MR) is 87.9 cm³/mol. The summed E-state index contributed by atoms with van der Waals surface area (Å²) >= 11 is 0. The van der Waals surface area contributed by atoms with E-state index >= 15 is 0 Å². The van der Waals surface area contributed by atoms with E-state index in [4.69, 9.17) is 9.47 Å². The number of anilines is 2. The van der Waals surface area contributed by atoms with E-state index in [1.165, 1.54) is 0 Å².